The Hall–Kier alpha value is -0.0400. The molecular weight excluding hydrogens is 98.1 g/mol. The Morgan fingerprint density at radius 1 is 1.38 bits per heavy atom. The second-order valence-corrected chi connectivity index (χ2v) is 3.27. The van der Waals surface area contributed by atoms with Crippen LogP contribution in [0, 0.1) is 5.92 Å². The van der Waals surface area contributed by atoms with Crippen molar-refractivity contribution >= 4 is 0 Å². The van der Waals surface area contributed by atoms with Crippen LogP contribution >= 0.6 is 0 Å². The van der Waals surface area contributed by atoms with Crippen LogP contribution in [0.5, 0.6) is 0 Å². The number of piperidine rings is 1. The van der Waals surface area contributed by atoms with Crippen LogP contribution in [0.3, 0.4) is 0 Å². The summed E-state index contributed by atoms with van der Waals surface area (Å²) in [6.07, 6.45) is 4.48. The standard InChI is InChI=1S/C7H13N/c1-8-5-6-2-3-7(8)4-6/h6-7H,2-5H2,1H3/t6?,7-/m0/s1. The van der Waals surface area contributed by atoms with E-state index in [1.807, 2.05) is 0 Å². The molecule has 1 saturated carbocycles. The van der Waals surface area contributed by atoms with E-state index in [4.69, 9.17) is 0 Å². The first-order valence-electron chi connectivity index (χ1n) is 3.56. The van der Waals surface area contributed by atoms with Gasteiger partial charge in [0.15, 0.2) is 0 Å². The highest BCUT2D eigenvalue weighted by Gasteiger charge is 2.34. The molecule has 1 unspecified atom stereocenters. The monoisotopic (exact) mass is 111 g/mol. The Morgan fingerprint density at radius 3 is 2.50 bits per heavy atom. The molecule has 1 aliphatic heterocycles. The number of nitrogens with zero attached hydrogens (tertiary/aromatic N) is 1. The molecule has 2 fully saturated rings. The van der Waals surface area contributed by atoms with E-state index in [0.29, 0.717) is 0 Å². The molecule has 46 valence electrons. The molecule has 1 heterocycles. The van der Waals surface area contributed by atoms with Crippen LogP contribution in [0.2, 0.25) is 0 Å². The Morgan fingerprint density at radius 2 is 2.25 bits per heavy atom. The third kappa shape index (κ3) is 0.510. The molecule has 2 bridgehead atoms. The largest absolute Gasteiger partial charge is 0.303 e. The third-order valence-electron chi connectivity index (χ3n) is 2.68. The first kappa shape index (κ1) is 4.80. The second-order valence-electron chi connectivity index (χ2n) is 3.27. The summed E-state index contributed by atoms with van der Waals surface area (Å²) in [6, 6.07) is 0.972. The van der Waals surface area contributed by atoms with Crippen LogP contribution in [-0.2, 0) is 0 Å². The van der Waals surface area contributed by atoms with Gasteiger partial charge in [-0.25, -0.2) is 0 Å². The number of hydrogen-bond acceptors (Lipinski definition) is 1. The normalized spacial score (nSPS) is 46.1. The zero-order valence-electron chi connectivity index (χ0n) is 5.43. The zero-order valence-corrected chi connectivity index (χ0v) is 5.43. The van der Waals surface area contributed by atoms with Crippen molar-refractivity contribution in [2.75, 3.05) is 13.6 Å². The lowest BCUT2D eigenvalue weighted by Gasteiger charge is -2.20. The van der Waals surface area contributed by atoms with Crippen molar-refractivity contribution in [2.24, 2.45) is 5.92 Å². The number of likely N-dealkylation sites (tertiary alicyclic amines) is 1. The van der Waals surface area contributed by atoms with E-state index in [-0.39, 0.29) is 0 Å². The van der Waals surface area contributed by atoms with Gasteiger partial charge in [-0.2, -0.15) is 0 Å². The average molecular weight is 111 g/mol. The van der Waals surface area contributed by atoms with E-state index in [1.165, 1.54) is 25.8 Å². The lowest BCUT2D eigenvalue weighted by molar-refractivity contribution is 0.261. The van der Waals surface area contributed by atoms with Gasteiger partial charge >= 0.3 is 0 Å². The van der Waals surface area contributed by atoms with Crippen LogP contribution in [0.4, 0.5) is 0 Å². The van der Waals surface area contributed by atoms with Crippen molar-refractivity contribution in [3.63, 3.8) is 0 Å². The van der Waals surface area contributed by atoms with Gasteiger partial charge in [-0.3, -0.25) is 0 Å². The highest BCUT2D eigenvalue weighted by molar-refractivity contribution is 4.89. The van der Waals surface area contributed by atoms with E-state index in [2.05, 4.69) is 11.9 Å². The molecule has 1 heteroatoms. The molecule has 8 heavy (non-hydrogen) atoms. The van der Waals surface area contributed by atoms with Gasteiger partial charge in [0.25, 0.3) is 0 Å². The second kappa shape index (κ2) is 1.47. The fourth-order valence-electron chi connectivity index (χ4n) is 2.17. The minimum Gasteiger partial charge on any atom is -0.303 e. The fourth-order valence-corrected chi connectivity index (χ4v) is 2.17. The number of rotatable bonds is 0. The molecule has 2 atom stereocenters. The van der Waals surface area contributed by atoms with Gasteiger partial charge in [0.2, 0.25) is 0 Å². The van der Waals surface area contributed by atoms with Gasteiger partial charge in [0, 0.05) is 12.6 Å². The molecule has 2 aliphatic rings. The van der Waals surface area contributed by atoms with Crippen molar-refractivity contribution in [3.8, 4) is 0 Å². The SMILES string of the molecule is CN1CC2CC[C@H]1C2. The summed E-state index contributed by atoms with van der Waals surface area (Å²) in [7, 11) is 2.25. The fraction of sp³-hybridized carbons (Fsp3) is 1.00. The maximum Gasteiger partial charge on any atom is 0.00955 e. The molecule has 0 aromatic rings. The molecule has 0 amide bonds. The van der Waals surface area contributed by atoms with Gasteiger partial charge in [-0.15, -0.1) is 0 Å². The zero-order chi connectivity index (χ0) is 5.56. The van der Waals surface area contributed by atoms with Gasteiger partial charge in [0.1, 0.15) is 0 Å². The number of fused-ring (bicyclic) bond motifs is 2. The van der Waals surface area contributed by atoms with Crippen molar-refractivity contribution in [1.29, 1.82) is 0 Å². The minimum absolute atomic E-state index is 0.972. The van der Waals surface area contributed by atoms with Gasteiger partial charge in [-0.1, -0.05) is 0 Å². The first-order chi connectivity index (χ1) is 3.86. The quantitative estimate of drug-likeness (QED) is 0.452. The van der Waals surface area contributed by atoms with E-state index in [9.17, 15) is 0 Å². The third-order valence-corrected chi connectivity index (χ3v) is 2.68. The lowest BCUT2D eigenvalue weighted by atomic mass is 10.1. The summed E-state index contributed by atoms with van der Waals surface area (Å²) in [4.78, 5) is 2.51. The van der Waals surface area contributed by atoms with Crippen LogP contribution in [0.1, 0.15) is 19.3 Å². The minimum atomic E-state index is 0.972. The smallest absolute Gasteiger partial charge is 0.00955 e. The van der Waals surface area contributed by atoms with Crippen molar-refractivity contribution in [2.45, 2.75) is 25.3 Å². The van der Waals surface area contributed by atoms with Crippen LogP contribution in [-0.4, -0.2) is 24.5 Å². The molecule has 0 N–H and O–H groups in total. The molecular formula is C7H13N. The summed E-state index contributed by atoms with van der Waals surface area (Å²) in [5, 5.41) is 0. The summed E-state index contributed by atoms with van der Waals surface area (Å²) in [5.41, 5.74) is 0. The summed E-state index contributed by atoms with van der Waals surface area (Å²) in [6.45, 7) is 1.38. The molecule has 1 nitrogen and oxygen atoms in total. The summed E-state index contributed by atoms with van der Waals surface area (Å²) >= 11 is 0. The topological polar surface area (TPSA) is 3.24 Å². The van der Waals surface area contributed by atoms with Crippen LogP contribution < -0.4 is 0 Å². The maximum atomic E-state index is 2.51. The van der Waals surface area contributed by atoms with E-state index in [0.717, 1.165) is 12.0 Å². The van der Waals surface area contributed by atoms with Gasteiger partial charge < -0.3 is 4.90 Å². The van der Waals surface area contributed by atoms with Gasteiger partial charge in [-0.05, 0) is 32.2 Å². The van der Waals surface area contributed by atoms with Crippen molar-refractivity contribution in [3.05, 3.63) is 0 Å². The molecule has 2 rings (SSSR count). The molecule has 0 aromatic carbocycles. The molecule has 0 radical (unpaired) electrons. The van der Waals surface area contributed by atoms with Crippen LogP contribution in [0.15, 0.2) is 0 Å². The summed E-state index contributed by atoms with van der Waals surface area (Å²) in [5.74, 6) is 1.07. The van der Waals surface area contributed by atoms with E-state index < -0.39 is 0 Å². The van der Waals surface area contributed by atoms with E-state index >= 15 is 0 Å². The maximum absolute atomic E-state index is 2.51. The molecule has 1 saturated heterocycles. The van der Waals surface area contributed by atoms with Gasteiger partial charge in [0.05, 0.1) is 0 Å². The Bertz CT molecular complexity index is 98.6. The van der Waals surface area contributed by atoms with E-state index in [1.54, 1.807) is 0 Å². The first-order valence-corrected chi connectivity index (χ1v) is 3.56. The molecule has 0 aromatic heterocycles. The lowest BCUT2D eigenvalue weighted by Crippen LogP contribution is -2.27. The highest BCUT2D eigenvalue weighted by Crippen LogP contribution is 2.35. The molecule has 1 aliphatic carbocycles. The predicted molar refractivity (Wildman–Crippen MR) is 33.8 cm³/mol. The van der Waals surface area contributed by atoms with Crippen molar-refractivity contribution in [1.82, 2.24) is 4.90 Å². The summed E-state index contributed by atoms with van der Waals surface area (Å²) < 4.78 is 0. The average Bonchev–Trinajstić information content (AvgIpc) is 2.23. The van der Waals surface area contributed by atoms with Crippen molar-refractivity contribution < 1.29 is 0 Å². The Labute approximate surface area is 50.7 Å². The predicted octanol–water partition coefficient (Wildman–Crippen LogP) is 1.10. The highest BCUT2D eigenvalue weighted by atomic mass is 15.2. The Balaban J connectivity index is 2.11. The Kier molecular flexibility index (Phi) is 0.884. The van der Waals surface area contributed by atoms with Crippen LogP contribution in [0.25, 0.3) is 0 Å². The molecule has 0 spiro atoms. The number of hydrogen-bond donors (Lipinski definition) is 0.